The lowest BCUT2D eigenvalue weighted by Gasteiger charge is -2.46. The van der Waals surface area contributed by atoms with Crippen LogP contribution in [-0.2, 0) is 0 Å². The van der Waals surface area contributed by atoms with Gasteiger partial charge in [0.05, 0.1) is 6.10 Å². The molecule has 0 saturated carbocycles. The highest BCUT2D eigenvalue weighted by atomic mass is 16.3. The first-order chi connectivity index (χ1) is 7.66. The van der Waals surface area contributed by atoms with Crippen LogP contribution in [0.15, 0.2) is 0 Å². The largest absolute Gasteiger partial charge is 0.393 e. The molecule has 2 aliphatic rings. The molecule has 3 heteroatoms. The highest BCUT2D eigenvalue weighted by Gasteiger charge is 2.30. The van der Waals surface area contributed by atoms with Gasteiger partial charge >= 0.3 is 0 Å². The second-order valence-electron chi connectivity index (χ2n) is 5.61. The highest BCUT2D eigenvalue weighted by molar-refractivity contribution is 4.87. The van der Waals surface area contributed by atoms with Crippen molar-refractivity contribution < 1.29 is 5.11 Å². The van der Waals surface area contributed by atoms with Gasteiger partial charge in [-0.2, -0.15) is 0 Å². The number of hydrogen-bond acceptors (Lipinski definition) is 3. The lowest BCUT2D eigenvalue weighted by molar-refractivity contribution is 0.0193. The van der Waals surface area contributed by atoms with Gasteiger partial charge in [0.1, 0.15) is 0 Å². The minimum atomic E-state index is -0.167. The van der Waals surface area contributed by atoms with E-state index in [9.17, 15) is 5.11 Å². The summed E-state index contributed by atoms with van der Waals surface area (Å²) in [4.78, 5) is 5.23. The van der Waals surface area contributed by atoms with E-state index in [1.165, 1.54) is 45.4 Å². The summed E-state index contributed by atoms with van der Waals surface area (Å²) in [5.74, 6) is 0. The van der Waals surface area contributed by atoms with E-state index in [1.54, 1.807) is 0 Å². The fourth-order valence-electron chi connectivity index (χ4n) is 3.22. The van der Waals surface area contributed by atoms with E-state index in [0.29, 0.717) is 6.04 Å². The van der Waals surface area contributed by atoms with Crippen LogP contribution < -0.4 is 0 Å². The Bertz CT molecular complexity index is 220. The molecule has 0 spiro atoms. The van der Waals surface area contributed by atoms with E-state index in [1.807, 2.05) is 6.92 Å². The van der Waals surface area contributed by atoms with Crippen molar-refractivity contribution in [1.29, 1.82) is 0 Å². The van der Waals surface area contributed by atoms with Crippen molar-refractivity contribution in [3.63, 3.8) is 0 Å². The smallest absolute Gasteiger partial charge is 0.0526 e. The summed E-state index contributed by atoms with van der Waals surface area (Å²) >= 11 is 0. The number of hydrogen-bond donors (Lipinski definition) is 1. The molecule has 16 heavy (non-hydrogen) atoms. The molecule has 0 radical (unpaired) electrons. The minimum Gasteiger partial charge on any atom is -0.393 e. The number of fused-ring (bicyclic) bond motifs is 1. The summed E-state index contributed by atoms with van der Waals surface area (Å²) in [6.45, 7) is 9.09. The molecule has 2 aliphatic heterocycles. The normalized spacial score (nSPS) is 32.1. The van der Waals surface area contributed by atoms with Crippen LogP contribution in [0.1, 0.15) is 39.5 Å². The molecule has 0 bridgehead atoms. The van der Waals surface area contributed by atoms with Crippen LogP contribution in [0.3, 0.4) is 0 Å². The Balaban J connectivity index is 1.84. The minimum absolute atomic E-state index is 0.167. The van der Waals surface area contributed by atoms with Gasteiger partial charge < -0.3 is 5.11 Å². The first kappa shape index (κ1) is 12.3. The summed E-state index contributed by atoms with van der Waals surface area (Å²) in [5, 5.41) is 9.45. The standard InChI is InChI=1S/C13H26N2O/c1-11(9-12(2)16)15-8-7-14-6-4-3-5-13(14)10-15/h11-13,16H,3-10H2,1-2H3. The first-order valence-corrected chi connectivity index (χ1v) is 6.83. The summed E-state index contributed by atoms with van der Waals surface area (Å²) in [6.07, 6.45) is 4.91. The van der Waals surface area contributed by atoms with Crippen molar-refractivity contribution >= 4 is 0 Å². The van der Waals surface area contributed by atoms with Gasteiger partial charge in [-0.3, -0.25) is 9.80 Å². The Kier molecular flexibility index (Phi) is 4.22. The second kappa shape index (κ2) is 5.48. The third kappa shape index (κ3) is 2.96. The predicted molar refractivity (Wildman–Crippen MR) is 66.5 cm³/mol. The number of nitrogens with zero attached hydrogens (tertiary/aromatic N) is 2. The van der Waals surface area contributed by atoms with Gasteiger partial charge in [0.25, 0.3) is 0 Å². The Hall–Kier alpha value is -0.120. The van der Waals surface area contributed by atoms with Crippen LogP contribution in [0, 0.1) is 0 Å². The van der Waals surface area contributed by atoms with Gasteiger partial charge in [-0.1, -0.05) is 6.42 Å². The van der Waals surface area contributed by atoms with Crippen LogP contribution in [0.2, 0.25) is 0 Å². The fraction of sp³-hybridized carbons (Fsp3) is 1.00. The van der Waals surface area contributed by atoms with Crippen molar-refractivity contribution in [3.8, 4) is 0 Å². The molecule has 1 N–H and O–H groups in total. The summed E-state index contributed by atoms with van der Waals surface area (Å²) in [6, 6.07) is 1.32. The Labute approximate surface area is 99.4 Å². The monoisotopic (exact) mass is 226 g/mol. The number of aliphatic hydroxyl groups excluding tert-OH is 1. The summed E-state index contributed by atoms with van der Waals surface area (Å²) in [5.41, 5.74) is 0. The van der Waals surface area contributed by atoms with E-state index in [2.05, 4.69) is 16.7 Å². The zero-order valence-electron chi connectivity index (χ0n) is 10.7. The van der Waals surface area contributed by atoms with Crippen molar-refractivity contribution in [2.45, 2.75) is 57.7 Å². The average molecular weight is 226 g/mol. The van der Waals surface area contributed by atoms with E-state index in [0.717, 1.165) is 12.5 Å². The van der Waals surface area contributed by atoms with Gasteiger partial charge in [-0.15, -0.1) is 0 Å². The number of piperazine rings is 1. The van der Waals surface area contributed by atoms with Crippen LogP contribution >= 0.6 is 0 Å². The zero-order chi connectivity index (χ0) is 11.5. The molecule has 0 aliphatic carbocycles. The topological polar surface area (TPSA) is 26.7 Å². The third-order valence-corrected chi connectivity index (χ3v) is 4.17. The van der Waals surface area contributed by atoms with Gasteiger partial charge in [-0.05, 0) is 39.7 Å². The maximum absolute atomic E-state index is 9.45. The third-order valence-electron chi connectivity index (χ3n) is 4.17. The maximum Gasteiger partial charge on any atom is 0.0526 e. The van der Waals surface area contributed by atoms with Crippen LogP contribution in [0.5, 0.6) is 0 Å². The van der Waals surface area contributed by atoms with Gasteiger partial charge in [-0.25, -0.2) is 0 Å². The van der Waals surface area contributed by atoms with Crippen LogP contribution in [-0.4, -0.2) is 59.3 Å². The Morgan fingerprint density at radius 1 is 1.19 bits per heavy atom. The molecule has 94 valence electrons. The lowest BCUT2D eigenvalue weighted by atomic mass is 9.98. The fourth-order valence-corrected chi connectivity index (χ4v) is 3.22. The van der Waals surface area contributed by atoms with E-state index < -0.39 is 0 Å². The quantitative estimate of drug-likeness (QED) is 0.786. The molecule has 2 heterocycles. The van der Waals surface area contributed by atoms with Crippen molar-refractivity contribution in [3.05, 3.63) is 0 Å². The summed E-state index contributed by atoms with van der Waals surface area (Å²) in [7, 11) is 0. The average Bonchev–Trinajstić information content (AvgIpc) is 2.27. The maximum atomic E-state index is 9.45. The molecule has 3 unspecified atom stereocenters. The Morgan fingerprint density at radius 3 is 2.75 bits per heavy atom. The molecule has 0 aromatic carbocycles. The molecule has 0 amide bonds. The van der Waals surface area contributed by atoms with Crippen molar-refractivity contribution in [1.82, 2.24) is 9.80 Å². The molecular weight excluding hydrogens is 200 g/mol. The van der Waals surface area contributed by atoms with Crippen molar-refractivity contribution in [2.75, 3.05) is 26.2 Å². The second-order valence-corrected chi connectivity index (χ2v) is 5.61. The summed E-state index contributed by atoms with van der Waals surface area (Å²) < 4.78 is 0. The Morgan fingerprint density at radius 2 is 2.00 bits per heavy atom. The van der Waals surface area contributed by atoms with Crippen LogP contribution in [0.25, 0.3) is 0 Å². The molecule has 3 nitrogen and oxygen atoms in total. The molecular formula is C13H26N2O. The molecule has 2 fully saturated rings. The van der Waals surface area contributed by atoms with Gasteiger partial charge in [0.2, 0.25) is 0 Å². The SMILES string of the molecule is CC(O)CC(C)N1CCN2CCCCC2C1. The van der Waals surface area contributed by atoms with E-state index >= 15 is 0 Å². The number of aliphatic hydroxyl groups is 1. The molecule has 2 rings (SSSR count). The van der Waals surface area contributed by atoms with Crippen LogP contribution in [0.4, 0.5) is 0 Å². The molecule has 2 saturated heterocycles. The lowest BCUT2D eigenvalue weighted by Crippen LogP contribution is -2.56. The van der Waals surface area contributed by atoms with Gasteiger partial charge in [0, 0.05) is 31.7 Å². The molecule has 0 aromatic rings. The zero-order valence-corrected chi connectivity index (χ0v) is 10.7. The van der Waals surface area contributed by atoms with Gasteiger partial charge in [0.15, 0.2) is 0 Å². The number of piperidine rings is 1. The van der Waals surface area contributed by atoms with E-state index in [4.69, 9.17) is 0 Å². The van der Waals surface area contributed by atoms with Crippen molar-refractivity contribution in [2.24, 2.45) is 0 Å². The highest BCUT2D eigenvalue weighted by Crippen LogP contribution is 2.22. The first-order valence-electron chi connectivity index (χ1n) is 6.83. The van der Waals surface area contributed by atoms with E-state index in [-0.39, 0.29) is 6.10 Å². The predicted octanol–water partition coefficient (Wildman–Crippen LogP) is 1.32. The number of rotatable bonds is 3. The molecule has 3 atom stereocenters. The molecule has 0 aromatic heterocycles.